The first kappa shape index (κ1) is 16.4. The highest BCUT2D eigenvalue weighted by molar-refractivity contribution is 5.81. The zero-order valence-electron chi connectivity index (χ0n) is 12.7. The molecule has 0 bridgehead atoms. The summed E-state index contributed by atoms with van der Waals surface area (Å²) in [6.07, 6.45) is 0. The van der Waals surface area contributed by atoms with Gasteiger partial charge >= 0.3 is 0 Å². The van der Waals surface area contributed by atoms with E-state index in [4.69, 9.17) is 0 Å². The third kappa shape index (κ3) is 5.57. The smallest absolute Gasteiger partial charge is 0.239 e. The van der Waals surface area contributed by atoms with Crippen LogP contribution < -0.4 is 15.5 Å². The summed E-state index contributed by atoms with van der Waals surface area (Å²) < 4.78 is 13.5. The third-order valence-corrected chi connectivity index (χ3v) is 2.85. The summed E-state index contributed by atoms with van der Waals surface area (Å²) in [6.45, 7) is 5.55. The maximum Gasteiger partial charge on any atom is 0.239 e. The molecule has 112 valence electrons. The quantitative estimate of drug-likeness (QED) is 0.800. The van der Waals surface area contributed by atoms with Crippen LogP contribution in [-0.4, -0.2) is 33.1 Å². The van der Waals surface area contributed by atoms with Gasteiger partial charge in [0.05, 0.1) is 6.54 Å². The second-order valence-electron chi connectivity index (χ2n) is 5.40. The first-order valence-corrected chi connectivity index (χ1v) is 6.84. The Morgan fingerprint density at radius 3 is 2.65 bits per heavy atom. The Kier molecular flexibility index (Phi) is 6.45. The number of amides is 1. The van der Waals surface area contributed by atoms with E-state index < -0.39 is 0 Å². The van der Waals surface area contributed by atoms with Crippen LogP contribution in [0.15, 0.2) is 18.2 Å². The van der Waals surface area contributed by atoms with Gasteiger partial charge in [-0.2, -0.15) is 0 Å². The van der Waals surface area contributed by atoms with Gasteiger partial charge in [-0.05, 0) is 36.7 Å². The number of benzene rings is 1. The molecule has 0 radical (unpaired) electrons. The molecular weight excluding hydrogens is 257 g/mol. The molecule has 0 saturated carbocycles. The summed E-state index contributed by atoms with van der Waals surface area (Å²) in [4.78, 5) is 13.5. The molecule has 1 aromatic carbocycles. The molecule has 1 amide bonds. The molecule has 20 heavy (non-hydrogen) atoms. The van der Waals surface area contributed by atoms with E-state index in [0.717, 1.165) is 5.56 Å². The molecule has 4 nitrogen and oxygen atoms in total. The minimum atomic E-state index is -0.290. The number of hydrogen-bond acceptors (Lipinski definition) is 3. The molecule has 5 heteroatoms. The second-order valence-corrected chi connectivity index (χ2v) is 5.40. The molecule has 0 aromatic heterocycles. The lowest BCUT2D eigenvalue weighted by atomic mass is 10.1. The van der Waals surface area contributed by atoms with Gasteiger partial charge in [0.1, 0.15) is 5.82 Å². The Balaban J connectivity index is 2.66. The highest BCUT2D eigenvalue weighted by Gasteiger charge is 2.10. The van der Waals surface area contributed by atoms with Crippen LogP contribution in [0, 0.1) is 11.7 Å². The number of carbonyl (C=O) groups excluding carboxylic acids is 1. The summed E-state index contributed by atoms with van der Waals surface area (Å²) in [5.41, 5.74) is 1.56. The van der Waals surface area contributed by atoms with Gasteiger partial charge in [0.25, 0.3) is 0 Å². The lowest BCUT2D eigenvalue weighted by Crippen LogP contribution is -2.36. The molecule has 1 aromatic rings. The maximum absolute atomic E-state index is 13.5. The van der Waals surface area contributed by atoms with Gasteiger partial charge in [0.15, 0.2) is 0 Å². The highest BCUT2D eigenvalue weighted by Crippen LogP contribution is 2.17. The van der Waals surface area contributed by atoms with Gasteiger partial charge in [-0.25, -0.2) is 4.39 Å². The molecule has 0 fully saturated rings. The second kappa shape index (κ2) is 7.85. The molecule has 0 atom stereocenters. The largest absolute Gasteiger partial charge is 0.365 e. The minimum Gasteiger partial charge on any atom is -0.365 e. The predicted octanol–water partition coefficient (Wildman–Crippen LogP) is 1.75. The van der Waals surface area contributed by atoms with E-state index in [1.54, 1.807) is 11.9 Å². The van der Waals surface area contributed by atoms with Crippen LogP contribution in [0.4, 0.5) is 10.1 Å². The van der Waals surface area contributed by atoms with Crippen LogP contribution in [0.5, 0.6) is 0 Å². The van der Waals surface area contributed by atoms with Crippen molar-refractivity contribution in [3.8, 4) is 0 Å². The number of rotatable bonds is 7. The Morgan fingerprint density at radius 1 is 1.35 bits per heavy atom. The fourth-order valence-electron chi connectivity index (χ4n) is 1.84. The van der Waals surface area contributed by atoms with Gasteiger partial charge in [-0.15, -0.1) is 0 Å². The molecule has 1 rings (SSSR count). The van der Waals surface area contributed by atoms with E-state index in [2.05, 4.69) is 10.6 Å². The number of nitrogens with zero attached hydrogens (tertiary/aromatic N) is 1. The van der Waals surface area contributed by atoms with Crippen molar-refractivity contribution in [2.24, 2.45) is 5.92 Å². The molecule has 2 N–H and O–H groups in total. The van der Waals surface area contributed by atoms with Crippen LogP contribution in [0.2, 0.25) is 0 Å². The summed E-state index contributed by atoms with van der Waals surface area (Å²) >= 11 is 0. The van der Waals surface area contributed by atoms with Crippen molar-refractivity contribution in [3.05, 3.63) is 29.6 Å². The molecule has 0 unspecified atom stereocenters. The van der Waals surface area contributed by atoms with E-state index in [0.29, 0.717) is 24.7 Å². The lowest BCUT2D eigenvalue weighted by molar-refractivity contribution is -0.119. The van der Waals surface area contributed by atoms with E-state index >= 15 is 0 Å². The standard InChI is InChI=1S/C15H24FN3O/c1-11(2)8-18-15(20)10-19(4)14-6-12(9-17-3)5-13(16)7-14/h5-7,11,17H,8-10H2,1-4H3,(H,18,20). The van der Waals surface area contributed by atoms with Crippen LogP contribution in [0.3, 0.4) is 0 Å². The fourth-order valence-corrected chi connectivity index (χ4v) is 1.84. The summed E-state index contributed by atoms with van der Waals surface area (Å²) in [7, 11) is 3.60. The van der Waals surface area contributed by atoms with Crippen molar-refractivity contribution in [1.82, 2.24) is 10.6 Å². The zero-order chi connectivity index (χ0) is 15.1. The molecule has 0 heterocycles. The monoisotopic (exact) mass is 281 g/mol. The topological polar surface area (TPSA) is 44.4 Å². The molecule has 0 aliphatic heterocycles. The average Bonchev–Trinajstić information content (AvgIpc) is 2.36. The van der Waals surface area contributed by atoms with Crippen molar-refractivity contribution in [2.75, 3.05) is 32.1 Å². The molecule has 0 aliphatic rings. The van der Waals surface area contributed by atoms with Crippen LogP contribution >= 0.6 is 0 Å². The highest BCUT2D eigenvalue weighted by atomic mass is 19.1. The van der Waals surface area contributed by atoms with Crippen molar-refractivity contribution in [2.45, 2.75) is 20.4 Å². The van der Waals surface area contributed by atoms with Crippen LogP contribution in [0.1, 0.15) is 19.4 Å². The zero-order valence-corrected chi connectivity index (χ0v) is 12.7. The summed E-state index contributed by atoms with van der Waals surface area (Å²) in [5.74, 6) is 0.0727. The van der Waals surface area contributed by atoms with Crippen LogP contribution in [0.25, 0.3) is 0 Å². The average molecular weight is 281 g/mol. The van der Waals surface area contributed by atoms with E-state index in [1.165, 1.54) is 12.1 Å². The first-order valence-electron chi connectivity index (χ1n) is 6.84. The van der Waals surface area contributed by atoms with Gasteiger partial charge in [-0.1, -0.05) is 13.8 Å². The lowest BCUT2D eigenvalue weighted by Gasteiger charge is -2.20. The Bertz CT molecular complexity index is 449. The molecule has 0 spiro atoms. The number of nitrogens with one attached hydrogen (secondary N) is 2. The number of anilines is 1. The van der Waals surface area contributed by atoms with Gasteiger partial charge in [-0.3, -0.25) is 4.79 Å². The van der Waals surface area contributed by atoms with Gasteiger partial charge in [0.2, 0.25) is 5.91 Å². The number of halogens is 1. The first-order chi connectivity index (χ1) is 9.42. The fraction of sp³-hybridized carbons (Fsp3) is 0.533. The van der Waals surface area contributed by atoms with Crippen molar-refractivity contribution < 1.29 is 9.18 Å². The van der Waals surface area contributed by atoms with Crippen molar-refractivity contribution >= 4 is 11.6 Å². The molecular formula is C15H24FN3O. The minimum absolute atomic E-state index is 0.0550. The third-order valence-electron chi connectivity index (χ3n) is 2.85. The summed E-state index contributed by atoms with van der Waals surface area (Å²) in [6, 6.07) is 4.82. The van der Waals surface area contributed by atoms with E-state index in [9.17, 15) is 9.18 Å². The Hall–Kier alpha value is -1.62. The van der Waals surface area contributed by atoms with E-state index in [1.807, 2.05) is 27.0 Å². The number of carbonyl (C=O) groups is 1. The van der Waals surface area contributed by atoms with Crippen molar-refractivity contribution in [1.29, 1.82) is 0 Å². The Labute approximate surface area is 120 Å². The normalized spacial score (nSPS) is 10.7. The Morgan fingerprint density at radius 2 is 2.05 bits per heavy atom. The summed E-state index contributed by atoms with van der Waals surface area (Å²) in [5, 5.41) is 5.84. The van der Waals surface area contributed by atoms with Crippen LogP contribution in [-0.2, 0) is 11.3 Å². The van der Waals surface area contributed by atoms with Gasteiger partial charge < -0.3 is 15.5 Å². The molecule has 0 saturated heterocycles. The number of hydrogen-bond donors (Lipinski definition) is 2. The van der Waals surface area contributed by atoms with E-state index in [-0.39, 0.29) is 18.3 Å². The predicted molar refractivity (Wildman–Crippen MR) is 80.3 cm³/mol. The number of likely N-dealkylation sites (N-methyl/N-ethyl adjacent to an activating group) is 1. The maximum atomic E-state index is 13.5. The molecule has 0 aliphatic carbocycles. The van der Waals surface area contributed by atoms with Crippen molar-refractivity contribution in [3.63, 3.8) is 0 Å². The van der Waals surface area contributed by atoms with Gasteiger partial charge in [0, 0.05) is 25.8 Å². The SMILES string of the molecule is CNCc1cc(F)cc(N(C)CC(=O)NCC(C)C)c1.